The minimum Gasteiger partial charge on any atom is -0.465 e. The molecular formula is C19H24N4O3. The van der Waals surface area contributed by atoms with Gasteiger partial charge in [0, 0.05) is 17.9 Å². The number of carbonyl (C=O) groups is 2. The zero-order valence-corrected chi connectivity index (χ0v) is 15.3. The summed E-state index contributed by atoms with van der Waals surface area (Å²) in [5.74, 6) is -0.388. The van der Waals surface area contributed by atoms with E-state index in [1.165, 1.54) is 7.11 Å². The normalized spacial score (nSPS) is 10.3. The molecule has 0 radical (unpaired) electrons. The van der Waals surface area contributed by atoms with Gasteiger partial charge in [-0.3, -0.25) is 4.79 Å². The van der Waals surface area contributed by atoms with E-state index in [4.69, 9.17) is 0 Å². The zero-order valence-electron chi connectivity index (χ0n) is 15.3. The molecule has 26 heavy (non-hydrogen) atoms. The van der Waals surface area contributed by atoms with Crippen LogP contribution in [0.15, 0.2) is 30.3 Å². The maximum absolute atomic E-state index is 12.5. The maximum Gasteiger partial charge on any atom is 0.337 e. The Bertz CT molecular complexity index is 777. The van der Waals surface area contributed by atoms with Crippen molar-refractivity contribution in [3.63, 3.8) is 0 Å². The highest BCUT2D eigenvalue weighted by Gasteiger charge is 2.12. The van der Waals surface area contributed by atoms with Gasteiger partial charge in [-0.1, -0.05) is 25.8 Å². The largest absolute Gasteiger partial charge is 0.465 e. The smallest absolute Gasteiger partial charge is 0.337 e. The fraction of sp³-hybridized carbons (Fsp3) is 0.368. The summed E-state index contributed by atoms with van der Waals surface area (Å²) >= 11 is 0. The van der Waals surface area contributed by atoms with Crippen molar-refractivity contribution in [3.8, 4) is 0 Å². The van der Waals surface area contributed by atoms with Gasteiger partial charge in [0.05, 0.1) is 12.7 Å². The second-order valence-electron chi connectivity index (χ2n) is 5.88. The predicted octanol–water partition coefficient (Wildman–Crippen LogP) is 3.43. The summed E-state index contributed by atoms with van der Waals surface area (Å²) < 4.78 is 4.69. The third-order valence-electron chi connectivity index (χ3n) is 3.69. The van der Waals surface area contributed by atoms with Gasteiger partial charge in [-0.25, -0.2) is 14.8 Å². The van der Waals surface area contributed by atoms with Crippen LogP contribution in [0, 0.1) is 6.92 Å². The number of ether oxygens (including phenoxy) is 1. The van der Waals surface area contributed by atoms with Crippen LogP contribution in [0.5, 0.6) is 0 Å². The Morgan fingerprint density at radius 1 is 1.15 bits per heavy atom. The first kappa shape index (κ1) is 19.4. The number of methoxy groups -OCH3 is 1. The van der Waals surface area contributed by atoms with Gasteiger partial charge in [0.15, 0.2) is 0 Å². The van der Waals surface area contributed by atoms with Crippen LogP contribution in [0.25, 0.3) is 0 Å². The van der Waals surface area contributed by atoms with Crippen molar-refractivity contribution in [1.29, 1.82) is 0 Å². The summed E-state index contributed by atoms with van der Waals surface area (Å²) in [5, 5.41) is 5.89. The van der Waals surface area contributed by atoms with Crippen LogP contribution in [0.3, 0.4) is 0 Å². The molecule has 1 aromatic carbocycles. The number of hydrogen-bond acceptors (Lipinski definition) is 6. The minimum absolute atomic E-state index is 0.263. The van der Waals surface area contributed by atoms with Crippen LogP contribution >= 0.6 is 0 Å². The van der Waals surface area contributed by atoms with E-state index < -0.39 is 5.97 Å². The molecule has 7 nitrogen and oxygen atoms in total. The summed E-state index contributed by atoms with van der Waals surface area (Å²) in [6.45, 7) is 4.72. The number of aromatic nitrogens is 2. The monoisotopic (exact) mass is 356 g/mol. The van der Waals surface area contributed by atoms with Crippen LogP contribution in [0.2, 0.25) is 0 Å². The van der Waals surface area contributed by atoms with Crippen molar-refractivity contribution < 1.29 is 14.3 Å². The van der Waals surface area contributed by atoms with Crippen molar-refractivity contribution in [2.24, 2.45) is 0 Å². The molecule has 0 aliphatic rings. The van der Waals surface area contributed by atoms with Gasteiger partial charge in [0.25, 0.3) is 5.91 Å². The first-order chi connectivity index (χ1) is 12.5. The molecule has 7 heteroatoms. The van der Waals surface area contributed by atoms with Gasteiger partial charge >= 0.3 is 5.97 Å². The van der Waals surface area contributed by atoms with Gasteiger partial charge in [0.2, 0.25) is 5.95 Å². The Morgan fingerprint density at radius 3 is 2.69 bits per heavy atom. The molecule has 138 valence electrons. The number of anilines is 2. The number of rotatable bonds is 8. The first-order valence-corrected chi connectivity index (χ1v) is 8.62. The molecule has 0 bridgehead atoms. The number of aryl methyl sites for hydroxylation is 1. The number of amides is 1. The summed E-state index contributed by atoms with van der Waals surface area (Å²) in [4.78, 5) is 32.7. The van der Waals surface area contributed by atoms with E-state index >= 15 is 0 Å². The fourth-order valence-corrected chi connectivity index (χ4v) is 2.38. The molecule has 0 fully saturated rings. The molecule has 1 amide bonds. The van der Waals surface area contributed by atoms with Crippen molar-refractivity contribution in [3.05, 3.63) is 47.3 Å². The average molecular weight is 356 g/mol. The lowest BCUT2D eigenvalue weighted by molar-refractivity contribution is 0.0600. The number of unbranched alkanes of at least 4 members (excludes halogenated alkanes) is 2. The number of nitrogens with one attached hydrogen (secondary N) is 2. The van der Waals surface area contributed by atoms with Gasteiger partial charge in [-0.2, -0.15) is 0 Å². The van der Waals surface area contributed by atoms with Gasteiger partial charge in [-0.15, -0.1) is 0 Å². The molecule has 0 unspecified atom stereocenters. The fourth-order valence-electron chi connectivity index (χ4n) is 2.38. The lowest BCUT2D eigenvalue weighted by Crippen LogP contribution is -2.16. The summed E-state index contributed by atoms with van der Waals surface area (Å²) in [5.41, 5.74) is 1.82. The Balaban J connectivity index is 2.09. The van der Waals surface area contributed by atoms with Crippen molar-refractivity contribution in [2.45, 2.75) is 33.1 Å². The summed E-state index contributed by atoms with van der Waals surface area (Å²) in [6.07, 6.45) is 3.28. The lowest BCUT2D eigenvalue weighted by Gasteiger charge is -2.09. The number of esters is 1. The minimum atomic E-state index is -0.461. The highest BCUT2D eigenvalue weighted by atomic mass is 16.5. The average Bonchev–Trinajstić information content (AvgIpc) is 2.64. The van der Waals surface area contributed by atoms with E-state index in [0.29, 0.717) is 22.9 Å². The second-order valence-corrected chi connectivity index (χ2v) is 5.88. The Labute approximate surface area is 153 Å². The topological polar surface area (TPSA) is 93.2 Å². The summed E-state index contributed by atoms with van der Waals surface area (Å²) in [6, 6.07) is 8.17. The molecule has 0 spiro atoms. The van der Waals surface area contributed by atoms with E-state index in [1.54, 1.807) is 30.3 Å². The number of carbonyl (C=O) groups excluding carboxylic acids is 2. The van der Waals surface area contributed by atoms with Crippen LogP contribution in [-0.4, -0.2) is 35.5 Å². The van der Waals surface area contributed by atoms with E-state index in [2.05, 4.69) is 32.3 Å². The third kappa shape index (κ3) is 5.54. The highest BCUT2D eigenvalue weighted by molar-refractivity contribution is 6.03. The van der Waals surface area contributed by atoms with Gasteiger partial charge < -0.3 is 15.4 Å². The summed E-state index contributed by atoms with van der Waals surface area (Å²) in [7, 11) is 1.31. The van der Waals surface area contributed by atoms with E-state index in [-0.39, 0.29) is 11.6 Å². The van der Waals surface area contributed by atoms with E-state index in [1.807, 2.05) is 6.92 Å². The maximum atomic E-state index is 12.5. The number of benzene rings is 1. The highest BCUT2D eigenvalue weighted by Crippen LogP contribution is 2.14. The van der Waals surface area contributed by atoms with Crippen LogP contribution < -0.4 is 10.6 Å². The number of hydrogen-bond donors (Lipinski definition) is 2. The molecule has 2 rings (SSSR count). The van der Waals surface area contributed by atoms with E-state index in [9.17, 15) is 9.59 Å². The molecule has 0 saturated carbocycles. The Morgan fingerprint density at radius 2 is 1.96 bits per heavy atom. The van der Waals surface area contributed by atoms with Crippen molar-refractivity contribution in [2.75, 3.05) is 24.3 Å². The third-order valence-corrected chi connectivity index (χ3v) is 3.69. The predicted molar refractivity (Wildman–Crippen MR) is 101 cm³/mol. The SMILES string of the molecule is CCCCCNc1nc(C)cc(C(=O)Nc2cccc(C(=O)OC)c2)n1. The van der Waals surface area contributed by atoms with Crippen LogP contribution in [-0.2, 0) is 4.74 Å². The second kappa shape index (κ2) is 9.50. The molecule has 1 aromatic heterocycles. The quantitative estimate of drug-likeness (QED) is 0.556. The van der Waals surface area contributed by atoms with E-state index in [0.717, 1.165) is 25.8 Å². The molecule has 2 aromatic rings. The van der Waals surface area contributed by atoms with Gasteiger partial charge in [0.1, 0.15) is 5.69 Å². The Hall–Kier alpha value is -2.96. The van der Waals surface area contributed by atoms with Gasteiger partial charge in [-0.05, 0) is 37.6 Å². The van der Waals surface area contributed by atoms with Crippen molar-refractivity contribution >= 4 is 23.5 Å². The lowest BCUT2D eigenvalue weighted by atomic mass is 10.2. The standard InChI is InChI=1S/C19H24N4O3/c1-4-5-6-10-20-19-21-13(2)11-16(23-19)17(24)22-15-9-7-8-14(12-15)18(25)26-3/h7-9,11-12H,4-6,10H2,1-3H3,(H,22,24)(H,20,21,23). The molecule has 0 atom stereocenters. The Kier molecular flexibility index (Phi) is 7.08. The first-order valence-electron chi connectivity index (χ1n) is 8.62. The van der Waals surface area contributed by atoms with Crippen LogP contribution in [0.4, 0.5) is 11.6 Å². The molecule has 0 saturated heterocycles. The van der Waals surface area contributed by atoms with Crippen LogP contribution in [0.1, 0.15) is 52.7 Å². The molecule has 0 aliphatic carbocycles. The molecular weight excluding hydrogens is 332 g/mol. The zero-order chi connectivity index (χ0) is 18.9. The number of nitrogens with zero attached hydrogens (tertiary/aromatic N) is 2. The molecule has 1 heterocycles. The van der Waals surface area contributed by atoms with Crippen molar-refractivity contribution in [1.82, 2.24) is 9.97 Å². The molecule has 2 N–H and O–H groups in total. The molecule has 0 aliphatic heterocycles.